The fourth-order valence-electron chi connectivity index (χ4n) is 3.48. The summed E-state index contributed by atoms with van der Waals surface area (Å²) in [5.74, 6) is 0.509. The van der Waals surface area contributed by atoms with Gasteiger partial charge < -0.3 is 4.57 Å². The molecule has 0 amide bonds. The standard InChI is InChI=1S/C24H22N2OS/c1-16-8-11-20(12-9-16)26-17(2)14-21(18(26)3)23(27)15-28-24-13-10-19-6-4-5-7-22(19)25-24/h4-14H,15H2,1-3H3. The fraction of sp³-hybridized carbons (Fsp3) is 0.167. The summed E-state index contributed by atoms with van der Waals surface area (Å²) in [6.07, 6.45) is 0. The number of aromatic nitrogens is 2. The first-order chi connectivity index (χ1) is 13.5. The Morgan fingerprint density at radius 1 is 0.964 bits per heavy atom. The van der Waals surface area contributed by atoms with Crippen LogP contribution in [-0.4, -0.2) is 21.1 Å². The molecule has 2 aromatic heterocycles. The van der Waals surface area contributed by atoms with Crippen molar-refractivity contribution in [2.75, 3.05) is 5.75 Å². The molecule has 0 saturated heterocycles. The lowest BCUT2D eigenvalue weighted by atomic mass is 10.2. The highest BCUT2D eigenvalue weighted by molar-refractivity contribution is 7.99. The Morgan fingerprint density at radius 3 is 2.50 bits per heavy atom. The number of thioether (sulfide) groups is 1. The molecule has 0 fully saturated rings. The molecule has 0 aliphatic carbocycles. The van der Waals surface area contributed by atoms with E-state index in [9.17, 15) is 4.79 Å². The molecule has 0 aliphatic heterocycles. The summed E-state index contributed by atoms with van der Waals surface area (Å²) in [4.78, 5) is 17.5. The van der Waals surface area contributed by atoms with Crippen LogP contribution < -0.4 is 0 Å². The van der Waals surface area contributed by atoms with Gasteiger partial charge in [-0.25, -0.2) is 4.98 Å². The second-order valence-corrected chi connectivity index (χ2v) is 8.01. The van der Waals surface area contributed by atoms with E-state index in [1.165, 1.54) is 17.3 Å². The molecule has 4 heteroatoms. The van der Waals surface area contributed by atoms with Gasteiger partial charge in [-0.2, -0.15) is 0 Å². The quantitative estimate of drug-likeness (QED) is 0.315. The zero-order chi connectivity index (χ0) is 19.7. The number of pyridine rings is 1. The molecule has 0 bridgehead atoms. The maximum atomic E-state index is 12.9. The van der Waals surface area contributed by atoms with E-state index in [1.54, 1.807) is 0 Å². The van der Waals surface area contributed by atoms with Gasteiger partial charge in [0, 0.05) is 28.0 Å². The summed E-state index contributed by atoms with van der Waals surface area (Å²) in [7, 11) is 0. The third-order valence-electron chi connectivity index (χ3n) is 4.95. The van der Waals surface area contributed by atoms with E-state index in [4.69, 9.17) is 0 Å². The second kappa shape index (κ2) is 7.64. The van der Waals surface area contributed by atoms with Crippen molar-refractivity contribution in [3.05, 3.63) is 89.2 Å². The number of hydrogen-bond donors (Lipinski definition) is 0. The number of aryl methyl sites for hydroxylation is 2. The van der Waals surface area contributed by atoms with Crippen LogP contribution in [0.4, 0.5) is 0 Å². The molecule has 140 valence electrons. The van der Waals surface area contributed by atoms with Crippen LogP contribution in [0.25, 0.3) is 16.6 Å². The maximum absolute atomic E-state index is 12.9. The van der Waals surface area contributed by atoms with E-state index in [2.05, 4.69) is 46.8 Å². The van der Waals surface area contributed by atoms with Crippen molar-refractivity contribution < 1.29 is 4.79 Å². The van der Waals surface area contributed by atoms with Crippen molar-refractivity contribution in [3.8, 4) is 5.69 Å². The Hall–Kier alpha value is -2.85. The Kier molecular flexibility index (Phi) is 5.05. The first-order valence-electron chi connectivity index (χ1n) is 9.31. The molecule has 0 spiro atoms. The van der Waals surface area contributed by atoms with Crippen LogP contribution >= 0.6 is 11.8 Å². The number of hydrogen-bond acceptors (Lipinski definition) is 3. The number of nitrogens with zero attached hydrogens (tertiary/aromatic N) is 2. The average Bonchev–Trinajstić information content (AvgIpc) is 3.01. The smallest absolute Gasteiger partial charge is 0.174 e. The first-order valence-corrected chi connectivity index (χ1v) is 10.3. The molecule has 3 nitrogen and oxygen atoms in total. The Balaban J connectivity index is 1.54. The van der Waals surface area contributed by atoms with Crippen LogP contribution in [0, 0.1) is 20.8 Å². The number of carbonyl (C=O) groups is 1. The Morgan fingerprint density at radius 2 is 1.71 bits per heavy atom. The van der Waals surface area contributed by atoms with Crippen LogP contribution in [0.5, 0.6) is 0 Å². The zero-order valence-electron chi connectivity index (χ0n) is 16.3. The molecule has 4 aromatic rings. The van der Waals surface area contributed by atoms with Crippen molar-refractivity contribution in [2.24, 2.45) is 0 Å². The van der Waals surface area contributed by atoms with Crippen LogP contribution in [0.2, 0.25) is 0 Å². The minimum atomic E-state index is 0.131. The molecule has 4 rings (SSSR count). The van der Waals surface area contributed by atoms with Gasteiger partial charge in [-0.05, 0) is 51.1 Å². The van der Waals surface area contributed by atoms with Crippen molar-refractivity contribution in [2.45, 2.75) is 25.8 Å². The lowest BCUT2D eigenvalue weighted by Gasteiger charge is -2.10. The summed E-state index contributed by atoms with van der Waals surface area (Å²) in [6.45, 7) is 6.13. The van der Waals surface area contributed by atoms with Gasteiger partial charge in [-0.15, -0.1) is 0 Å². The molecule has 28 heavy (non-hydrogen) atoms. The van der Waals surface area contributed by atoms with E-state index in [-0.39, 0.29) is 5.78 Å². The molecule has 0 unspecified atom stereocenters. The van der Waals surface area contributed by atoms with Gasteiger partial charge in [0.1, 0.15) is 0 Å². The number of fused-ring (bicyclic) bond motifs is 1. The van der Waals surface area contributed by atoms with Crippen molar-refractivity contribution in [3.63, 3.8) is 0 Å². The van der Waals surface area contributed by atoms with E-state index >= 15 is 0 Å². The topological polar surface area (TPSA) is 34.9 Å². The van der Waals surface area contributed by atoms with Crippen molar-refractivity contribution >= 4 is 28.4 Å². The molecular weight excluding hydrogens is 364 g/mol. The maximum Gasteiger partial charge on any atom is 0.174 e. The minimum Gasteiger partial charge on any atom is -0.318 e. The predicted octanol–water partition coefficient (Wildman–Crippen LogP) is 5.93. The molecule has 0 atom stereocenters. The van der Waals surface area contributed by atoms with Gasteiger partial charge in [0.15, 0.2) is 5.78 Å². The van der Waals surface area contributed by atoms with Gasteiger partial charge in [0.05, 0.1) is 16.3 Å². The minimum absolute atomic E-state index is 0.131. The Labute approximate surface area is 169 Å². The summed E-state index contributed by atoms with van der Waals surface area (Å²) >= 11 is 1.49. The molecule has 2 aromatic carbocycles. The molecule has 0 saturated carbocycles. The summed E-state index contributed by atoms with van der Waals surface area (Å²) < 4.78 is 2.14. The fourth-order valence-corrected chi connectivity index (χ4v) is 4.24. The lowest BCUT2D eigenvalue weighted by Crippen LogP contribution is -2.05. The van der Waals surface area contributed by atoms with Gasteiger partial charge in [0.25, 0.3) is 0 Å². The molecule has 0 N–H and O–H groups in total. The monoisotopic (exact) mass is 386 g/mol. The lowest BCUT2D eigenvalue weighted by molar-refractivity contribution is 0.102. The number of ketones is 1. The second-order valence-electron chi connectivity index (χ2n) is 7.01. The highest BCUT2D eigenvalue weighted by Crippen LogP contribution is 2.25. The zero-order valence-corrected chi connectivity index (χ0v) is 17.1. The third-order valence-corrected chi connectivity index (χ3v) is 5.88. The highest BCUT2D eigenvalue weighted by atomic mass is 32.2. The predicted molar refractivity (Wildman–Crippen MR) is 117 cm³/mol. The molecule has 0 radical (unpaired) electrons. The van der Waals surface area contributed by atoms with Crippen LogP contribution in [0.3, 0.4) is 0 Å². The summed E-state index contributed by atoms with van der Waals surface area (Å²) in [5.41, 5.74) is 6.10. The highest BCUT2D eigenvalue weighted by Gasteiger charge is 2.17. The number of para-hydroxylation sites is 1. The van der Waals surface area contributed by atoms with Crippen molar-refractivity contribution in [1.29, 1.82) is 0 Å². The van der Waals surface area contributed by atoms with Gasteiger partial charge >= 0.3 is 0 Å². The van der Waals surface area contributed by atoms with Crippen LogP contribution in [0.1, 0.15) is 27.3 Å². The molecule has 2 heterocycles. The number of rotatable bonds is 5. The van der Waals surface area contributed by atoms with E-state index in [1.807, 2.05) is 50.2 Å². The number of carbonyl (C=O) groups excluding carboxylic acids is 1. The van der Waals surface area contributed by atoms with E-state index in [0.717, 1.165) is 38.6 Å². The van der Waals surface area contributed by atoms with Gasteiger partial charge in [-0.1, -0.05) is 53.7 Å². The largest absolute Gasteiger partial charge is 0.318 e. The summed E-state index contributed by atoms with van der Waals surface area (Å²) in [5, 5.41) is 1.99. The number of benzene rings is 2. The SMILES string of the molecule is Cc1ccc(-n2c(C)cc(C(=O)CSc3ccc4ccccc4n3)c2C)cc1. The number of Topliss-reactive ketones (excluding diaryl/α,β-unsaturated/α-hetero) is 1. The average molecular weight is 387 g/mol. The molecule has 0 aliphatic rings. The van der Waals surface area contributed by atoms with Crippen molar-refractivity contribution in [1.82, 2.24) is 9.55 Å². The van der Waals surface area contributed by atoms with E-state index in [0.29, 0.717) is 5.75 Å². The van der Waals surface area contributed by atoms with Crippen LogP contribution in [-0.2, 0) is 0 Å². The van der Waals surface area contributed by atoms with Gasteiger partial charge in [-0.3, -0.25) is 4.79 Å². The Bertz CT molecular complexity index is 1160. The molecular formula is C24H22N2OS. The van der Waals surface area contributed by atoms with E-state index < -0.39 is 0 Å². The van der Waals surface area contributed by atoms with Gasteiger partial charge in [0.2, 0.25) is 0 Å². The first kappa shape index (κ1) is 18.5. The normalized spacial score (nSPS) is 11.1. The summed E-state index contributed by atoms with van der Waals surface area (Å²) in [6, 6.07) is 22.4. The van der Waals surface area contributed by atoms with Crippen LogP contribution in [0.15, 0.2) is 71.8 Å². The third kappa shape index (κ3) is 3.60.